The van der Waals surface area contributed by atoms with Crippen molar-refractivity contribution < 1.29 is 9.53 Å². The normalized spacial score (nSPS) is 12.2. The minimum atomic E-state index is -0.456. The quantitative estimate of drug-likeness (QED) is 0.905. The molecule has 0 radical (unpaired) electrons. The number of rotatable bonds is 4. The number of carbonyl (C=O) groups excluding carboxylic acids is 1. The van der Waals surface area contributed by atoms with Crippen LogP contribution >= 0.6 is 23.2 Å². The second-order valence-electron chi connectivity index (χ2n) is 3.34. The van der Waals surface area contributed by atoms with Crippen LogP contribution in [-0.4, -0.2) is 19.1 Å². The summed E-state index contributed by atoms with van der Waals surface area (Å²) in [7, 11) is 1.49. The molecule has 16 heavy (non-hydrogen) atoms. The number of hydrogen-bond donors (Lipinski definition) is 1. The van der Waals surface area contributed by atoms with Gasteiger partial charge >= 0.3 is 0 Å². The molecule has 1 atom stereocenters. The monoisotopic (exact) mass is 261 g/mol. The Balaban J connectivity index is 2.55. The van der Waals surface area contributed by atoms with Gasteiger partial charge in [0, 0.05) is 13.7 Å². The first-order chi connectivity index (χ1) is 7.54. The van der Waals surface area contributed by atoms with E-state index in [4.69, 9.17) is 27.9 Å². The highest BCUT2D eigenvalue weighted by Crippen LogP contribution is 2.22. The van der Waals surface area contributed by atoms with Crippen LogP contribution in [0.3, 0.4) is 0 Å². The van der Waals surface area contributed by atoms with Gasteiger partial charge in [-0.3, -0.25) is 4.79 Å². The van der Waals surface area contributed by atoms with Crippen LogP contribution in [0.25, 0.3) is 0 Å². The van der Waals surface area contributed by atoms with Gasteiger partial charge in [-0.1, -0.05) is 29.3 Å². The summed E-state index contributed by atoms with van der Waals surface area (Å²) in [6.07, 6.45) is -0.456. The van der Waals surface area contributed by atoms with Crippen LogP contribution in [-0.2, 0) is 16.1 Å². The van der Waals surface area contributed by atoms with Gasteiger partial charge in [-0.15, -0.1) is 0 Å². The van der Waals surface area contributed by atoms with Crippen LogP contribution in [0.1, 0.15) is 12.5 Å². The molecule has 0 spiro atoms. The summed E-state index contributed by atoms with van der Waals surface area (Å²) in [4.78, 5) is 11.4. The van der Waals surface area contributed by atoms with E-state index in [9.17, 15) is 4.79 Å². The van der Waals surface area contributed by atoms with E-state index in [0.29, 0.717) is 16.6 Å². The van der Waals surface area contributed by atoms with Crippen molar-refractivity contribution >= 4 is 29.1 Å². The van der Waals surface area contributed by atoms with E-state index in [1.165, 1.54) is 7.11 Å². The smallest absolute Gasteiger partial charge is 0.249 e. The topological polar surface area (TPSA) is 38.3 Å². The van der Waals surface area contributed by atoms with Gasteiger partial charge in [-0.2, -0.15) is 0 Å². The molecule has 0 bridgehead atoms. The molecule has 0 aliphatic heterocycles. The lowest BCUT2D eigenvalue weighted by Crippen LogP contribution is -2.33. The minimum Gasteiger partial charge on any atom is -0.372 e. The van der Waals surface area contributed by atoms with Crippen molar-refractivity contribution in [3.63, 3.8) is 0 Å². The van der Waals surface area contributed by atoms with Gasteiger partial charge in [0.25, 0.3) is 0 Å². The Kier molecular flexibility index (Phi) is 5.06. The second-order valence-corrected chi connectivity index (χ2v) is 4.16. The highest BCUT2D eigenvalue weighted by atomic mass is 35.5. The van der Waals surface area contributed by atoms with Crippen LogP contribution in [0.2, 0.25) is 10.0 Å². The second kappa shape index (κ2) is 6.09. The Morgan fingerprint density at radius 2 is 2.12 bits per heavy atom. The fourth-order valence-electron chi connectivity index (χ4n) is 1.09. The summed E-state index contributed by atoms with van der Waals surface area (Å²) in [5, 5.41) is 3.71. The fourth-order valence-corrected chi connectivity index (χ4v) is 1.41. The number of benzene rings is 1. The van der Waals surface area contributed by atoms with Crippen molar-refractivity contribution in [2.24, 2.45) is 0 Å². The van der Waals surface area contributed by atoms with E-state index >= 15 is 0 Å². The summed E-state index contributed by atoms with van der Waals surface area (Å²) in [5.74, 6) is -0.159. The van der Waals surface area contributed by atoms with Crippen molar-refractivity contribution in [2.75, 3.05) is 7.11 Å². The van der Waals surface area contributed by atoms with Crippen LogP contribution in [0.5, 0.6) is 0 Å². The van der Waals surface area contributed by atoms with E-state index in [-0.39, 0.29) is 5.91 Å². The molecule has 0 aromatic heterocycles. The Hall–Kier alpha value is -0.770. The zero-order chi connectivity index (χ0) is 12.1. The van der Waals surface area contributed by atoms with Crippen molar-refractivity contribution in [2.45, 2.75) is 19.6 Å². The number of amides is 1. The van der Waals surface area contributed by atoms with E-state index in [1.54, 1.807) is 19.1 Å². The molecule has 0 heterocycles. The molecule has 5 heteroatoms. The third-order valence-corrected chi connectivity index (χ3v) is 2.91. The lowest BCUT2D eigenvalue weighted by Gasteiger charge is -2.10. The highest BCUT2D eigenvalue weighted by Gasteiger charge is 2.10. The zero-order valence-electron chi connectivity index (χ0n) is 9.09. The van der Waals surface area contributed by atoms with Crippen molar-refractivity contribution in [3.8, 4) is 0 Å². The molecule has 0 aliphatic carbocycles. The van der Waals surface area contributed by atoms with E-state index < -0.39 is 6.10 Å². The van der Waals surface area contributed by atoms with Gasteiger partial charge in [-0.05, 0) is 24.6 Å². The predicted molar refractivity (Wildman–Crippen MR) is 64.8 cm³/mol. The van der Waals surface area contributed by atoms with Crippen molar-refractivity contribution in [3.05, 3.63) is 33.8 Å². The summed E-state index contributed by atoms with van der Waals surface area (Å²) in [6, 6.07) is 5.23. The average Bonchev–Trinajstić information content (AvgIpc) is 2.29. The van der Waals surface area contributed by atoms with Gasteiger partial charge in [0.05, 0.1) is 10.0 Å². The molecule has 3 nitrogen and oxygen atoms in total. The van der Waals surface area contributed by atoms with Crippen LogP contribution in [0, 0.1) is 0 Å². The number of carbonyl (C=O) groups is 1. The molecule has 1 aromatic rings. The first-order valence-corrected chi connectivity index (χ1v) is 5.54. The largest absolute Gasteiger partial charge is 0.372 e. The first-order valence-electron chi connectivity index (χ1n) is 4.79. The number of halogens is 2. The van der Waals surface area contributed by atoms with Gasteiger partial charge in [0.15, 0.2) is 0 Å². The summed E-state index contributed by atoms with van der Waals surface area (Å²) < 4.78 is 4.88. The molecule has 1 N–H and O–H groups in total. The fraction of sp³-hybridized carbons (Fsp3) is 0.364. The molecule has 0 aliphatic rings. The molecule has 1 amide bonds. The Morgan fingerprint density at radius 3 is 2.69 bits per heavy atom. The van der Waals surface area contributed by atoms with Crippen molar-refractivity contribution in [1.82, 2.24) is 5.32 Å². The molecule has 0 saturated carbocycles. The number of nitrogens with one attached hydrogen (secondary N) is 1. The van der Waals surface area contributed by atoms with Crippen molar-refractivity contribution in [1.29, 1.82) is 0 Å². The van der Waals surface area contributed by atoms with Crippen LogP contribution in [0.15, 0.2) is 18.2 Å². The SMILES string of the molecule is COC(C)C(=O)NCc1ccc(Cl)c(Cl)c1. The molecule has 0 saturated heterocycles. The number of ether oxygens (including phenoxy) is 1. The number of hydrogen-bond acceptors (Lipinski definition) is 2. The lowest BCUT2D eigenvalue weighted by molar-refractivity contribution is -0.130. The molecular weight excluding hydrogens is 249 g/mol. The predicted octanol–water partition coefficient (Wildman–Crippen LogP) is 2.64. The standard InChI is InChI=1S/C11H13Cl2NO2/c1-7(16-2)11(15)14-6-8-3-4-9(12)10(13)5-8/h3-5,7H,6H2,1-2H3,(H,14,15). The van der Waals surface area contributed by atoms with Crippen LogP contribution in [0.4, 0.5) is 0 Å². The van der Waals surface area contributed by atoms with Gasteiger partial charge in [-0.25, -0.2) is 0 Å². The van der Waals surface area contributed by atoms with E-state index in [1.807, 2.05) is 6.07 Å². The van der Waals surface area contributed by atoms with E-state index in [2.05, 4.69) is 5.32 Å². The summed E-state index contributed by atoms with van der Waals surface area (Å²) in [5.41, 5.74) is 0.894. The Morgan fingerprint density at radius 1 is 1.44 bits per heavy atom. The maximum absolute atomic E-state index is 11.4. The number of methoxy groups -OCH3 is 1. The first kappa shape index (κ1) is 13.3. The highest BCUT2D eigenvalue weighted by molar-refractivity contribution is 6.42. The zero-order valence-corrected chi connectivity index (χ0v) is 10.6. The van der Waals surface area contributed by atoms with Crippen LogP contribution < -0.4 is 5.32 Å². The third kappa shape index (κ3) is 3.67. The lowest BCUT2D eigenvalue weighted by atomic mass is 10.2. The van der Waals surface area contributed by atoms with E-state index in [0.717, 1.165) is 5.56 Å². The van der Waals surface area contributed by atoms with Gasteiger partial charge in [0.1, 0.15) is 6.10 Å². The molecule has 1 aromatic carbocycles. The maximum Gasteiger partial charge on any atom is 0.249 e. The molecule has 1 rings (SSSR count). The Bertz CT molecular complexity index is 382. The molecule has 0 fully saturated rings. The average molecular weight is 262 g/mol. The summed E-state index contributed by atoms with van der Waals surface area (Å²) in [6.45, 7) is 2.09. The van der Waals surface area contributed by atoms with Gasteiger partial charge < -0.3 is 10.1 Å². The Labute approximate surface area is 105 Å². The van der Waals surface area contributed by atoms with Gasteiger partial charge in [0.2, 0.25) is 5.91 Å². The maximum atomic E-state index is 11.4. The molecule has 1 unspecified atom stereocenters. The molecular formula is C11H13Cl2NO2. The third-order valence-electron chi connectivity index (χ3n) is 2.17. The minimum absolute atomic E-state index is 0.159. The molecule has 88 valence electrons. The summed E-state index contributed by atoms with van der Waals surface area (Å²) >= 11 is 11.6.